The van der Waals surface area contributed by atoms with Gasteiger partial charge in [0.05, 0.1) is 42.9 Å². The van der Waals surface area contributed by atoms with Crippen molar-refractivity contribution < 1.29 is 19.1 Å². The first-order chi connectivity index (χ1) is 16.3. The summed E-state index contributed by atoms with van der Waals surface area (Å²) in [6, 6.07) is 13.0. The molecule has 2 heterocycles. The van der Waals surface area contributed by atoms with Gasteiger partial charge in [-0.1, -0.05) is 26.0 Å². The van der Waals surface area contributed by atoms with Gasteiger partial charge in [-0.2, -0.15) is 0 Å². The fraction of sp³-hybridized carbons (Fsp3) is 0.423. The zero-order valence-corrected chi connectivity index (χ0v) is 20.4. The Morgan fingerprint density at radius 2 is 1.94 bits per heavy atom. The first-order valence-electron chi connectivity index (χ1n) is 11.6. The molecule has 2 aromatic carbocycles. The number of imidazole rings is 1. The molecule has 1 N–H and O–H groups in total. The third-order valence-corrected chi connectivity index (χ3v) is 6.33. The van der Waals surface area contributed by atoms with E-state index < -0.39 is 5.92 Å². The number of methoxy groups -OCH3 is 2. The first kappa shape index (κ1) is 23.6. The molecule has 0 aliphatic carbocycles. The van der Waals surface area contributed by atoms with Gasteiger partial charge in [-0.3, -0.25) is 9.59 Å². The third kappa shape index (κ3) is 4.58. The standard InChI is InChI=1S/C26H32N4O4/c1-16(2)12-20(25-27-19-8-6-7-9-21(19)29(25)3)28-26(32)17-13-24(31)30(15-17)22-11-10-18(33-4)14-23(22)34-5/h6-11,14,16-17,20H,12-13,15H2,1-5H3,(H,28,32)/t17-,20-/m1/s1. The summed E-state index contributed by atoms with van der Waals surface area (Å²) in [7, 11) is 5.10. The van der Waals surface area contributed by atoms with Gasteiger partial charge in [-0.05, 0) is 36.6 Å². The fourth-order valence-corrected chi connectivity index (χ4v) is 4.59. The van der Waals surface area contributed by atoms with Crippen molar-refractivity contribution in [1.82, 2.24) is 14.9 Å². The number of carbonyl (C=O) groups excluding carboxylic acids is 2. The molecular formula is C26H32N4O4. The Bertz CT molecular complexity index is 1200. The minimum absolute atomic E-state index is 0.105. The van der Waals surface area contributed by atoms with Gasteiger partial charge in [0.25, 0.3) is 0 Å². The highest BCUT2D eigenvalue weighted by atomic mass is 16.5. The van der Waals surface area contributed by atoms with Crippen molar-refractivity contribution >= 4 is 28.5 Å². The quantitative estimate of drug-likeness (QED) is 0.547. The average molecular weight is 465 g/mol. The lowest BCUT2D eigenvalue weighted by Crippen LogP contribution is -2.37. The smallest absolute Gasteiger partial charge is 0.227 e. The van der Waals surface area contributed by atoms with Crippen LogP contribution in [0, 0.1) is 11.8 Å². The Kier molecular flexibility index (Phi) is 6.77. The van der Waals surface area contributed by atoms with E-state index in [-0.39, 0.29) is 24.3 Å². The number of hydrogen-bond acceptors (Lipinski definition) is 5. The van der Waals surface area contributed by atoms with Crippen molar-refractivity contribution in [1.29, 1.82) is 0 Å². The molecular weight excluding hydrogens is 432 g/mol. The third-order valence-electron chi connectivity index (χ3n) is 6.33. The highest BCUT2D eigenvalue weighted by molar-refractivity contribution is 6.01. The summed E-state index contributed by atoms with van der Waals surface area (Å²) in [5.74, 6) is 1.65. The molecule has 4 rings (SSSR count). The van der Waals surface area contributed by atoms with Crippen LogP contribution in [-0.4, -0.2) is 42.1 Å². The molecule has 8 nitrogen and oxygen atoms in total. The molecule has 1 aromatic heterocycles. The molecule has 1 aliphatic heterocycles. The lowest BCUT2D eigenvalue weighted by Gasteiger charge is -2.23. The van der Waals surface area contributed by atoms with Crippen LogP contribution in [0.1, 0.15) is 38.6 Å². The summed E-state index contributed by atoms with van der Waals surface area (Å²) in [5, 5.41) is 3.20. The second-order valence-electron chi connectivity index (χ2n) is 9.15. The zero-order chi connectivity index (χ0) is 24.4. The van der Waals surface area contributed by atoms with Gasteiger partial charge in [0.2, 0.25) is 11.8 Å². The van der Waals surface area contributed by atoms with Crippen LogP contribution in [0.5, 0.6) is 11.5 Å². The van der Waals surface area contributed by atoms with Gasteiger partial charge in [0.1, 0.15) is 17.3 Å². The van der Waals surface area contributed by atoms with E-state index in [0.29, 0.717) is 29.6 Å². The first-order valence-corrected chi connectivity index (χ1v) is 11.6. The number of nitrogens with one attached hydrogen (secondary N) is 1. The van der Waals surface area contributed by atoms with Crippen molar-refractivity contribution in [2.24, 2.45) is 18.9 Å². The second-order valence-corrected chi connectivity index (χ2v) is 9.15. The van der Waals surface area contributed by atoms with Gasteiger partial charge in [0.15, 0.2) is 0 Å². The van der Waals surface area contributed by atoms with E-state index >= 15 is 0 Å². The normalized spacial score (nSPS) is 16.8. The van der Waals surface area contributed by atoms with Gasteiger partial charge >= 0.3 is 0 Å². The van der Waals surface area contributed by atoms with Crippen LogP contribution in [0.4, 0.5) is 5.69 Å². The second kappa shape index (κ2) is 9.75. The Hall–Kier alpha value is -3.55. The van der Waals surface area contributed by atoms with Gasteiger partial charge in [-0.25, -0.2) is 4.98 Å². The predicted octanol–water partition coefficient (Wildman–Crippen LogP) is 3.85. The molecule has 8 heteroatoms. The van der Waals surface area contributed by atoms with Crippen molar-refractivity contribution in [3.05, 3.63) is 48.3 Å². The molecule has 34 heavy (non-hydrogen) atoms. The molecule has 1 aliphatic rings. The highest BCUT2D eigenvalue weighted by Crippen LogP contribution is 2.36. The number of benzene rings is 2. The van der Waals surface area contributed by atoms with Crippen LogP contribution in [0.3, 0.4) is 0 Å². The lowest BCUT2D eigenvalue weighted by atomic mass is 10.0. The van der Waals surface area contributed by atoms with E-state index in [4.69, 9.17) is 14.5 Å². The van der Waals surface area contributed by atoms with E-state index in [1.165, 1.54) is 0 Å². The maximum absolute atomic E-state index is 13.3. The number of fused-ring (bicyclic) bond motifs is 1. The number of para-hydroxylation sites is 2. The van der Waals surface area contributed by atoms with E-state index in [2.05, 4.69) is 19.2 Å². The molecule has 1 fully saturated rings. The van der Waals surface area contributed by atoms with Crippen molar-refractivity contribution in [2.45, 2.75) is 32.7 Å². The Morgan fingerprint density at radius 3 is 2.62 bits per heavy atom. The number of anilines is 1. The van der Waals surface area contributed by atoms with Crippen molar-refractivity contribution in [3.63, 3.8) is 0 Å². The van der Waals surface area contributed by atoms with Crippen LogP contribution in [0.25, 0.3) is 11.0 Å². The number of aromatic nitrogens is 2. The van der Waals surface area contributed by atoms with Gasteiger partial charge in [0, 0.05) is 26.1 Å². The Balaban J connectivity index is 1.55. The van der Waals surface area contributed by atoms with Crippen molar-refractivity contribution in [2.75, 3.05) is 25.7 Å². The fourth-order valence-electron chi connectivity index (χ4n) is 4.59. The highest BCUT2D eigenvalue weighted by Gasteiger charge is 2.37. The van der Waals surface area contributed by atoms with E-state index in [9.17, 15) is 9.59 Å². The van der Waals surface area contributed by atoms with Crippen LogP contribution in [-0.2, 0) is 16.6 Å². The Morgan fingerprint density at radius 1 is 1.18 bits per heavy atom. The monoisotopic (exact) mass is 464 g/mol. The Labute approximate surface area is 199 Å². The summed E-state index contributed by atoms with van der Waals surface area (Å²) >= 11 is 0. The summed E-state index contributed by atoms with van der Waals surface area (Å²) in [6.07, 6.45) is 0.900. The number of rotatable bonds is 8. The molecule has 0 radical (unpaired) electrons. The van der Waals surface area contributed by atoms with Gasteiger partial charge in [-0.15, -0.1) is 0 Å². The van der Waals surface area contributed by atoms with E-state index in [1.54, 1.807) is 37.3 Å². The van der Waals surface area contributed by atoms with Crippen LogP contribution >= 0.6 is 0 Å². The minimum Gasteiger partial charge on any atom is -0.497 e. The molecule has 2 amide bonds. The maximum Gasteiger partial charge on any atom is 0.227 e. The van der Waals surface area contributed by atoms with Crippen LogP contribution in [0.2, 0.25) is 0 Å². The minimum atomic E-state index is -0.455. The largest absolute Gasteiger partial charge is 0.497 e. The molecule has 3 aromatic rings. The molecule has 0 saturated carbocycles. The molecule has 0 bridgehead atoms. The number of amides is 2. The predicted molar refractivity (Wildman–Crippen MR) is 131 cm³/mol. The summed E-state index contributed by atoms with van der Waals surface area (Å²) < 4.78 is 12.8. The van der Waals surface area contributed by atoms with E-state index in [0.717, 1.165) is 23.3 Å². The van der Waals surface area contributed by atoms with Crippen molar-refractivity contribution in [3.8, 4) is 11.5 Å². The van der Waals surface area contributed by atoms with E-state index in [1.807, 2.05) is 35.9 Å². The molecule has 2 atom stereocenters. The maximum atomic E-state index is 13.3. The van der Waals surface area contributed by atoms with Crippen LogP contribution in [0.15, 0.2) is 42.5 Å². The summed E-state index contributed by atoms with van der Waals surface area (Å²) in [6.45, 7) is 4.54. The van der Waals surface area contributed by atoms with Crippen LogP contribution < -0.4 is 19.7 Å². The molecule has 1 saturated heterocycles. The number of aryl methyl sites for hydroxylation is 1. The number of hydrogen-bond donors (Lipinski definition) is 1. The molecule has 180 valence electrons. The number of ether oxygens (including phenoxy) is 2. The lowest BCUT2D eigenvalue weighted by molar-refractivity contribution is -0.127. The molecule has 0 unspecified atom stereocenters. The zero-order valence-electron chi connectivity index (χ0n) is 20.4. The number of nitrogens with zero attached hydrogens (tertiary/aromatic N) is 3. The average Bonchev–Trinajstić information content (AvgIpc) is 3.38. The summed E-state index contributed by atoms with van der Waals surface area (Å²) in [5.41, 5.74) is 2.56. The van der Waals surface area contributed by atoms with Gasteiger partial charge < -0.3 is 24.3 Å². The molecule has 0 spiro atoms. The SMILES string of the molecule is COc1ccc(N2C[C@H](C(=O)N[C@H](CC(C)C)c3nc4ccccc4n3C)CC2=O)c(OC)c1. The summed E-state index contributed by atoms with van der Waals surface area (Å²) in [4.78, 5) is 32.6. The topological polar surface area (TPSA) is 85.7 Å². The number of carbonyl (C=O) groups is 2.